The maximum absolute atomic E-state index is 11.7. The molecule has 0 aliphatic rings. The third-order valence-corrected chi connectivity index (χ3v) is 3.09. The van der Waals surface area contributed by atoms with Gasteiger partial charge in [-0.05, 0) is 31.2 Å². The van der Waals surface area contributed by atoms with Crippen molar-refractivity contribution >= 4 is 22.2 Å². The summed E-state index contributed by atoms with van der Waals surface area (Å²) in [5.74, 6) is -0.464. The van der Waals surface area contributed by atoms with Gasteiger partial charge in [-0.2, -0.15) is 5.10 Å². The standard InChI is InChI=1S/C12H11N3O5S.Na/c1-8-2-3-9(6-13-8)12(16)15-14-7-10-4-5-11(20-10)21(17,18)19;/h2-7H,1H3,(H,15,16)(H,17,18,19);/q;+1/p-1/b14-7+;. The zero-order valence-corrected chi connectivity index (χ0v) is 14.6. The molecule has 2 rings (SSSR count). The van der Waals surface area contributed by atoms with Crippen molar-refractivity contribution in [2.24, 2.45) is 5.10 Å². The number of nitrogens with one attached hydrogen (secondary N) is 1. The number of hydrogen-bond acceptors (Lipinski definition) is 7. The number of hydrazone groups is 1. The van der Waals surface area contributed by atoms with Gasteiger partial charge in [-0.15, -0.1) is 0 Å². The van der Waals surface area contributed by atoms with Crippen LogP contribution >= 0.6 is 0 Å². The van der Waals surface area contributed by atoms with Gasteiger partial charge in [-0.3, -0.25) is 9.78 Å². The van der Waals surface area contributed by atoms with Crippen molar-refractivity contribution in [3.63, 3.8) is 0 Å². The average molecular weight is 331 g/mol. The van der Waals surface area contributed by atoms with E-state index in [2.05, 4.69) is 15.5 Å². The maximum Gasteiger partial charge on any atom is 1.00 e. The molecule has 0 saturated heterocycles. The maximum atomic E-state index is 11.7. The predicted molar refractivity (Wildman–Crippen MR) is 70.7 cm³/mol. The summed E-state index contributed by atoms with van der Waals surface area (Å²) in [4.78, 5) is 15.6. The molecule has 8 nitrogen and oxygen atoms in total. The molecule has 0 spiro atoms. The smallest absolute Gasteiger partial charge is 0.742 e. The first kappa shape index (κ1) is 18.5. The summed E-state index contributed by atoms with van der Waals surface area (Å²) in [7, 11) is -4.64. The molecular weight excluding hydrogens is 321 g/mol. The van der Waals surface area contributed by atoms with Crippen molar-refractivity contribution in [1.82, 2.24) is 10.4 Å². The number of nitrogens with zero attached hydrogens (tertiary/aromatic N) is 2. The molecule has 0 saturated carbocycles. The van der Waals surface area contributed by atoms with E-state index >= 15 is 0 Å². The Hall–Kier alpha value is -1.52. The van der Waals surface area contributed by atoms with Crippen molar-refractivity contribution < 1.29 is 51.7 Å². The number of furan rings is 1. The molecule has 0 atom stereocenters. The quantitative estimate of drug-likeness (QED) is 0.290. The molecule has 1 N–H and O–H groups in total. The van der Waals surface area contributed by atoms with Crippen LogP contribution in [-0.2, 0) is 10.1 Å². The van der Waals surface area contributed by atoms with Gasteiger partial charge in [0, 0.05) is 11.9 Å². The number of aryl methyl sites for hydroxylation is 1. The first-order valence-electron chi connectivity index (χ1n) is 5.68. The summed E-state index contributed by atoms with van der Waals surface area (Å²) >= 11 is 0. The number of carbonyl (C=O) groups is 1. The number of aromatic nitrogens is 1. The molecule has 0 aliphatic heterocycles. The van der Waals surface area contributed by atoms with E-state index in [4.69, 9.17) is 4.42 Å². The molecular formula is C12H10N3NaO5S. The van der Waals surface area contributed by atoms with E-state index in [-0.39, 0.29) is 35.3 Å². The van der Waals surface area contributed by atoms with Crippen LogP contribution in [0.3, 0.4) is 0 Å². The Morgan fingerprint density at radius 1 is 1.36 bits per heavy atom. The van der Waals surface area contributed by atoms with E-state index in [1.165, 1.54) is 12.3 Å². The molecule has 10 heteroatoms. The van der Waals surface area contributed by atoms with E-state index in [1.807, 2.05) is 0 Å². The van der Waals surface area contributed by atoms with Gasteiger partial charge < -0.3 is 8.97 Å². The minimum absolute atomic E-state index is 0. The van der Waals surface area contributed by atoms with Gasteiger partial charge in [-0.1, -0.05) is 0 Å². The third-order valence-electron chi connectivity index (χ3n) is 2.38. The normalized spacial score (nSPS) is 11.2. The topological polar surface area (TPSA) is 125 Å². The summed E-state index contributed by atoms with van der Waals surface area (Å²) in [5.41, 5.74) is 3.31. The van der Waals surface area contributed by atoms with Crippen molar-refractivity contribution in [3.05, 3.63) is 47.5 Å². The van der Waals surface area contributed by atoms with E-state index in [0.29, 0.717) is 5.56 Å². The van der Waals surface area contributed by atoms with Crippen LogP contribution in [0.15, 0.2) is 45.1 Å². The SMILES string of the molecule is Cc1ccc(C(=O)N/N=C/c2ccc(S(=O)(=O)[O-])o2)cn1.[Na+]. The van der Waals surface area contributed by atoms with Crippen LogP contribution in [0.2, 0.25) is 0 Å². The Bertz CT molecular complexity index is 783. The first-order valence-corrected chi connectivity index (χ1v) is 7.09. The molecule has 1 amide bonds. The second kappa shape index (κ2) is 7.65. The molecule has 0 bridgehead atoms. The minimum atomic E-state index is -4.64. The van der Waals surface area contributed by atoms with Gasteiger partial charge in [0.25, 0.3) is 5.91 Å². The van der Waals surface area contributed by atoms with Gasteiger partial charge in [0.05, 0.1) is 11.8 Å². The second-order valence-electron chi connectivity index (χ2n) is 4.00. The van der Waals surface area contributed by atoms with Crippen molar-refractivity contribution in [2.75, 3.05) is 0 Å². The van der Waals surface area contributed by atoms with Gasteiger partial charge in [-0.25, -0.2) is 13.8 Å². The fraction of sp³-hybridized carbons (Fsp3) is 0.0833. The van der Waals surface area contributed by atoms with Gasteiger partial charge >= 0.3 is 29.6 Å². The molecule has 0 aliphatic carbocycles. The first-order chi connectivity index (χ1) is 9.86. The molecule has 2 heterocycles. The zero-order chi connectivity index (χ0) is 15.5. The number of pyridine rings is 1. The Morgan fingerprint density at radius 2 is 2.09 bits per heavy atom. The number of hydrogen-bond donors (Lipinski definition) is 1. The van der Waals surface area contributed by atoms with Crippen LogP contribution in [-0.4, -0.2) is 30.1 Å². The monoisotopic (exact) mass is 331 g/mol. The minimum Gasteiger partial charge on any atom is -0.742 e. The van der Waals surface area contributed by atoms with E-state index < -0.39 is 21.1 Å². The van der Waals surface area contributed by atoms with Crippen molar-refractivity contribution in [3.8, 4) is 0 Å². The summed E-state index contributed by atoms with van der Waals surface area (Å²) in [6.07, 6.45) is 2.48. The second-order valence-corrected chi connectivity index (χ2v) is 5.31. The fourth-order valence-electron chi connectivity index (χ4n) is 1.36. The molecule has 0 unspecified atom stereocenters. The van der Waals surface area contributed by atoms with Crippen LogP contribution in [0.4, 0.5) is 0 Å². The van der Waals surface area contributed by atoms with Gasteiger partial charge in [0.15, 0.2) is 10.1 Å². The summed E-state index contributed by atoms with van der Waals surface area (Å²) in [6.45, 7) is 1.79. The Labute approximate surface area is 148 Å². The Morgan fingerprint density at radius 3 is 2.64 bits per heavy atom. The van der Waals surface area contributed by atoms with Gasteiger partial charge in [0.2, 0.25) is 5.09 Å². The Balaban J connectivity index is 0.00000242. The molecule has 0 radical (unpaired) electrons. The number of carbonyl (C=O) groups excluding carboxylic acids is 1. The molecule has 2 aromatic rings. The van der Waals surface area contributed by atoms with Crippen LogP contribution < -0.4 is 35.0 Å². The predicted octanol–water partition coefficient (Wildman–Crippen LogP) is -2.34. The molecule has 22 heavy (non-hydrogen) atoms. The molecule has 2 aromatic heterocycles. The van der Waals surface area contributed by atoms with Gasteiger partial charge in [0.1, 0.15) is 5.76 Å². The number of rotatable bonds is 4. The summed E-state index contributed by atoms with van der Waals surface area (Å²) in [6, 6.07) is 5.52. The van der Waals surface area contributed by atoms with Crippen LogP contribution in [0.25, 0.3) is 0 Å². The van der Waals surface area contributed by atoms with Crippen LogP contribution in [0.5, 0.6) is 0 Å². The molecule has 110 valence electrons. The van der Waals surface area contributed by atoms with E-state index in [1.54, 1.807) is 19.1 Å². The largest absolute Gasteiger partial charge is 1.00 e. The van der Waals surface area contributed by atoms with E-state index in [0.717, 1.165) is 18.0 Å². The average Bonchev–Trinajstić information content (AvgIpc) is 2.88. The van der Waals surface area contributed by atoms with Crippen molar-refractivity contribution in [2.45, 2.75) is 12.0 Å². The molecule has 0 fully saturated rings. The van der Waals surface area contributed by atoms with E-state index in [9.17, 15) is 17.8 Å². The van der Waals surface area contributed by atoms with Crippen LogP contribution in [0, 0.1) is 6.92 Å². The van der Waals surface area contributed by atoms with Crippen LogP contribution in [0.1, 0.15) is 21.8 Å². The van der Waals surface area contributed by atoms with Crippen molar-refractivity contribution in [1.29, 1.82) is 0 Å². The summed E-state index contributed by atoms with van der Waals surface area (Å²) < 4.78 is 36.7. The zero-order valence-electron chi connectivity index (χ0n) is 11.8. The number of amides is 1. The Kier molecular flexibility index (Phi) is 6.45. The summed E-state index contributed by atoms with van der Waals surface area (Å²) in [5, 5.41) is 2.88. The fourth-order valence-corrected chi connectivity index (χ4v) is 1.79. The molecule has 0 aromatic carbocycles. The third kappa shape index (κ3) is 5.04.